The van der Waals surface area contributed by atoms with E-state index >= 15 is 0 Å². The maximum absolute atomic E-state index is 12.8. The quantitative estimate of drug-likeness (QED) is 0.748. The van der Waals surface area contributed by atoms with Crippen LogP contribution in [0.2, 0.25) is 0 Å². The summed E-state index contributed by atoms with van der Waals surface area (Å²) < 4.78 is 0.905. The van der Waals surface area contributed by atoms with Crippen molar-refractivity contribution >= 4 is 39.2 Å². The van der Waals surface area contributed by atoms with Gasteiger partial charge in [0.25, 0.3) is 5.91 Å². The highest BCUT2D eigenvalue weighted by molar-refractivity contribution is 9.10. The van der Waals surface area contributed by atoms with Crippen molar-refractivity contribution in [3.8, 4) is 0 Å². The minimum Gasteiger partial charge on any atom is -0.355 e. The Morgan fingerprint density at radius 2 is 1.86 bits per heavy atom. The van der Waals surface area contributed by atoms with E-state index in [1.807, 2.05) is 62.1 Å². The van der Waals surface area contributed by atoms with Crippen molar-refractivity contribution in [1.82, 2.24) is 9.88 Å². The van der Waals surface area contributed by atoms with Crippen LogP contribution >= 0.6 is 15.9 Å². The maximum atomic E-state index is 12.8. The molecule has 2 amide bonds. The van der Waals surface area contributed by atoms with Crippen LogP contribution in [0.25, 0.3) is 0 Å². The Bertz CT molecular complexity index is 877. The lowest BCUT2D eigenvalue weighted by Gasteiger charge is -2.23. The molecule has 0 atom stereocenters. The van der Waals surface area contributed by atoms with Crippen molar-refractivity contribution in [2.45, 2.75) is 27.2 Å². The third-order valence-electron chi connectivity index (χ3n) is 4.87. The number of hydrogen-bond acceptors (Lipinski definition) is 4. The van der Waals surface area contributed by atoms with Gasteiger partial charge in [-0.3, -0.25) is 9.59 Å². The smallest absolute Gasteiger partial charge is 0.253 e. The van der Waals surface area contributed by atoms with E-state index in [4.69, 9.17) is 0 Å². The van der Waals surface area contributed by atoms with Gasteiger partial charge in [0, 0.05) is 41.6 Å². The summed E-state index contributed by atoms with van der Waals surface area (Å²) in [6, 6.07) is 11.3. The lowest BCUT2D eigenvalue weighted by atomic mass is 9.96. The fraction of sp³-hybridized carbons (Fsp3) is 0.409. The molecule has 154 valence electrons. The summed E-state index contributed by atoms with van der Waals surface area (Å²) in [5.41, 5.74) is 0.938. The molecule has 1 aromatic carbocycles. The van der Waals surface area contributed by atoms with Gasteiger partial charge in [0.2, 0.25) is 5.91 Å². The zero-order valence-corrected chi connectivity index (χ0v) is 18.7. The SMILES string of the molecule is CC(C)(C)C(=O)Nc1ccc(N2CCCN(C(=O)c3cccc(Br)c3)CC2)nc1. The number of anilines is 2. The van der Waals surface area contributed by atoms with E-state index in [1.165, 1.54) is 0 Å². The van der Waals surface area contributed by atoms with Gasteiger partial charge in [0.1, 0.15) is 5.82 Å². The van der Waals surface area contributed by atoms with Gasteiger partial charge >= 0.3 is 0 Å². The van der Waals surface area contributed by atoms with Crippen molar-refractivity contribution in [2.24, 2.45) is 5.41 Å². The van der Waals surface area contributed by atoms with Crippen molar-refractivity contribution in [3.63, 3.8) is 0 Å². The van der Waals surface area contributed by atoms with Gasteiger partial charge in [0.15, 0.2) is 0 Å². The number of benzene rings is 1. The number of carbonyl (C=O) groups is 2. The Labute approximate surface area is 180 Å². The number of pyridine rings is 1. The molecule has 1 aliphatic heterocycles. The first-order valence-corrected chi connectivity index (χ1v) is 10.6. The van der Waals surface area contributed by atoms with Crippen molar-refractivity contribution < 1.29 is 9.59 Å². The number of nitrogens with one attached hydrogen (secondary N) is 1. The first kappa shape index (κ1) is 21.3. The van der Waals surface area contributed by atoms with E-state index < -0.39 is 5.41 Å². The Morgan fingerprint density at radius 1 is 1.07 bits per heavy atom. The Balaban J connectivity index is 1.62. The van der Waals surface area contributed by atoms with Gasteiger partial charge in [0.05, 0.1) is 11.9 Å². The van der Waals surface area contributed by atoms with Crippen LogP contribution in [0.1, 0.15) is 37.6 Å². The van der Waals surface area contributed by atoms with Gasteiger partial charge in [-0.15, -0.1) is 0 Å². The summed E-state index contributed by atoms with van der Waals surface area (Å²) >= 11 is 3.43. The van der Waals surface area contributed by atoms with Crippen molar-refractivity contribution in [1.29, 1.82) is 0 Å². The van der Waals surface area contributed by atoms with Crippen LogP contribution < -0.4 is 10.2 Å². The molecule has 29 heavy (non-hydrogen) atoms. The topological polar surface area (TPSA) is 65.5 Å². The van der Waals surface area contributed by atoms with Crippen LogP contribution in [0.3, 0.4) is 0 Å². The molecule has 2 aromatic rings. The molecule has 0 spiro atoms. The van der Waals surface area contributed by atoms with Crippen LogP contribution in [0.5, 0.6) is 0 Å². The van der Waals surface area contributed by atoms with Gasteiger partial charge < -0.3 is 15.1 Å². The fourth-order valence-electron chi connectivity index (χ4n) is 3.12. The molecule has 0 aliphatic carbocycles. The van der Waals surface area contributed by atoms with Crippen molar-refractivity contribution in [3.05, 3.63) is 52.6 Å². The number of carbonyl (C=O) groups excluding carboxylic acids is 2. The standard InChI is InChI=1S/C22H27BrN4O2/c1-22(2,3)21(29)25-18-8-9-19(24-15-18)26-10-5-11-27(13-12-26)20(28)16-6-4-7-17(23)14-16/h4,6-9,14-15H,5,10-13H2,1-3H3,(H,25,29). The second-order valence-electron chi connectivity index (χ2n) is 8.25. The van der Waals surface area contributed by atoms with Crippen LogP contribution in [0.15, 0.2) is 47.1 Å². The first-order chi connectivity index (χ1) is 13.7. The minimum absolute atomic E-state index is 0.0384. The van der Waals surface area contributed by atoms with E-state index in [1.54, 1.807) is 6.20 Å². The third-order valence-corrected chi connectivity index (χ3v) is 5.36. The predicted octanol–water partition coefficient (Wildman–Crippen LogP) is 4.18. The van der Waals surface area contributed by atoms with E-state index in [2.05, 4.69) is 31.1 Å². The third kappa shape index (κ3) is 5.56. The van der Waals surface area contributed by atoms with Crippen molar-refractivity contribution in [2.75, 3.05) is 36.4 Å². The molecule has 1 saturated heterocycles. The molecule has 0 bridgehead atoms. The van der Waals surface area contributed by atoms with Gasteiger partial charge in [-0.1, -0.05) is 42.8 Å². The van der Waals surface area contributed by atoms with E-state index in [9.17, 15) is 9.59 Å². The Hall–Kier alpha value is -2.41. The number of halogens is 1. The molecule has 6 nitrogen and oxygen atoms in total. The molecule has 3 rings (SSSR count). The molecule has 0 unspecified atom stereocenters. The molecule has 1 N–H and O–H groups in total. The molecular formula is C22H27BrN4O2. The Morgan fingerprint density at radius 3 is 2.52 bits per heavy atom. The number of nitrogens with zero attached hydrogens (tertiary/aromatic N) is 3. The number of hydrogen-bond donors (Lipinski definition) is 1. The maximum Gasteiger partial charge on any atom is 0.253 e. The first-order valence-electron chi connectivity index (χ1n) is 9.81. The zero-order chi connectivity index (χ0) is 21.0. The van der Waals surface area contributed by atoms with Crippen LogP contribution in [0.4, 0.5) is 11.5 Å². The fourth-order valence-corrected chi connectivity index (χ4v) is 3.52. The van der Waals surface area contributed by atoms with E-state index in [-0.39, 0.29) is 11.8 Å². The summed E-state index contributed by atoms with van der Waals surface area (Å²) in [4.78, 5) is 33.5. The molecule has 1 aliphatic rings. The second-order valence-corrected chi connectivity index (χ2v) is 9.17. The highest BCUT2D eigenvalue weighted by Crippen LogP contribution is 2.20. The monoisotopic (exact) mass is 458 g/mol. The highest BCUT2D eigenvalue weighted by Gasteiger charge is 2.23. The lowest BCUT2D eigenvalue weighted by molar-refractivity contribution is -0.123. The molecular weight excluding hydrogens is 432 g/mol. The largest absolute Gasteiger partial charge is 0.355 e. The molecule has 0 radical (unpaired) electrons. The van der Waals surface area contributed by atoms with Crippen LogP contribution in [0, 0.1) is 5.41 Å². The normalized spacial score (nSPS) is 15.0. The Kier molecular flexibility index (Phi) is 6.57. The molecule has 0 saturated carbocycles. The van der Waals surface area contributed by atoms with Crippen LogP contribution in [-0.4, -0.2) is 47.9 Å². The highest BCUT2D eigenvalue weighted by atomic mass is 79.9. The van der Waals surface area contributed by atoms with E-state index in [0.29, 0.717) is 17.8 Å². The predicted molar refractivity (Wildman–Crippen MR) is 119 cm³/mol. The summed E-state index contributed by atoms with van der Waals surface area (Å²) in [5, 5.41) is 2.89. The molecule has 1 aromatic heterocycles. The number of amides is 2. The van der Waals surface area contributed by atoms with Gasteiger partial charge in [-0.25, -0.2) is 4.98 Å². The summed E-state index contributed by atoms with van der Waals surface area (Å²) in [6.45, 7) is 8.56. The minimum atomic E-state index is -0.451. The molecule has 2 heterocycles. The second kappa shape index (κ2) is 8.95. The molecule has 7 heteroatoms. The summed E-state index contributed by atoms with van der Waals surface area (Å²) in [5.74, 6) is 0.875. The number of aromatic nitrogens is 1. The van der Waals surface area contributed by atoms with Gasteiger partial charge in [-0.05, 0) is 36.8 Å². The summed E-state index contributed by atoms with van der Waals surface area (Å²) in [6.07, 6.45) is 2.57. The van der Waals surface area contributed by atoms with Gasteiger partial charge in [-0.2, -0.15) is 0 Å². The summed E-state index contributed by atoms with van der Waals surface area (Å²) in [7, 11) is 0. The average molecular weight is 459 g/mol. The number of rotatable bonds is 3. The molecule has 1 fully saturated rings. The zero-order valence-electron chi connectivity index (χ0n) is 17.1. The average Bonchev–Trinajstić information content (AvgIpc) is 2.93. The van der Waals surface area contributed by atoms with E-state index in [0.717, 1.165) is 36.3 Å². The lowest BCUT2D eigenvalue weighted by Crippen LogP contribution is -2.35. The van der Waals surface area contributed by atoms with Crippen LogP contribution in [-0.2, 0) is 4.79 Å².